The molecule has 0 bridgehead atoms. The van der Waals surface area contributed by atoms with Crippen LogP contribution in [0.3, 0.4) is 0 Å². The largest absolute Gasteiger partial charge is 0.438 e. The van der Waals surface area contributed by atoms with Gasteiger partial charge in [0.1, 0.15) is 0 Å². The molecule has 14 heavy (non-hydrogen) atoms. The Morgan fingerprint density at radius 1 is 1.64 bits per heavy atom. The second kappa shape index (κ2) is 5.80. The highest BCUT2D eigenvalue weighted by Crippen LogP contribution is 2.04. The predicted octanol–water partition coefficient (Wildman–Crippen LogP) is 1.89. The first-order valence-corrected chi connectivity index (χ1v) is 5.62. The third kappa shape index (κ3) is 3.14. The molecule has 0 atom stereocenters. The lowest BCUT2D eigenvalue weighted by Gasteiger charge is -2.01. The molecule has 5 heteroatoms. The average Bonchev–Trinajstić information content (AvgIpc) is 2.59. The van der Waals surface area contributed by atoms with Crippen LogP contribution in [0.1, 0.15) is 29.1 Å². The number of oxazole rings is 1. The molecule has 0 aliphatic rings. The number of carbonyl (C=O) groups is 1. The number of nitrogens with zero attached hydrogens (tertiary/aromatic N) is 1. The first-order chi connectivity index (χ1) is 6.75. The summed E-state index contributed by atoms with van der Waals surface area (Å²) in [7, 11) is 0. The molecule has 1 rings (SSSR count). The molecule has 78 valence electrons. The molecule has 0 radical (unpaired) electrons. The quantitative estimate of drug-likeness (QED) is 0.650. The lowest BCUT2D eigenvalue weighted by atomic mass is 10.3. The Labute approximate surface area is 91.2 Å². The maximum Gasteiger partial charge on any atom is 0.288 e. The Bertz CT molecular complexity index is 299. The first-order valence-electron chi connectivity index (χ1n) is 4.50. The van der Waals surface area contributed by atoms with Crippen LogP contribution in [0.2, 0.25) is 0 Å². The minimum absolute atomic E-state index is 0.186. The predicted molar refractivity (Wildman–Crippen MR) is 56.6 cm³/mol. The zero-order valence-corrected chi connectivity index (χ0v) is 9.63. The molecule has 0 aromatic carbocycles. The maximum absolute atomic E-state index is 11.4. The molecule has 1 amide bonds. The fraction of sp³-hybridized carbons (Fsp3) is 0.556. The van der Waals surface area contributed by atoms with Gasteiger partial charge in [0.05, 0.1) is 5.69 Å². The summed E-state index contributed by atoms with van der Waals surface area (Å²) in [6, 6.07) is 0. The molecule has 1 heterocycles. The van der Waals surface area contributed by atoms with Gasteiger partial charge in [-0.3, -0.25) is 4.79 Å². The monoisotopic (exact) mass is 260 g/mol. The number of alkyl halides is 1. The van der Waals surface area contributed by atoms with Crippen molar-refractivity contribution in [1.82, 2.24) is 10.3 Å². The summed E-state index contributed by atoms with van der Waals surface area (Å²) in [5.41, 5.74) is 0.628. The van der Waals surface area contributed by atoms with Gasteiger partial charge in [-0.1, -0.05) is 15.9 Å². The molecule has 1 aromatic rings. The number of rotatable bonds is 5. The van der Waals surface area contributed by atoms with E-state index in [0.29, 0.717) is 18.0 Å². The number of nitrogens with one attached hydrogen (secondary N) is 1. The molecule has 0 aliphatic heterocycles. The van der Waals surface area contributed by atoms with E-state index in [-0.39, 0.29) is 5.91 Å². The first kappa shape index (κ1) is 11.2. The van der Waals surface area contributed by atoms with Gasteiger partial charge in [0.2, 0.25) is 5.76 Å². The number of amides is 1. The van der Waals surface area contributed by atoms with Gasteiger partial charge in [0, 0.05) is 11.9 Å². The molecule has 4 nitrogen and oxygen atoms in total. The average molecular weight is 261 g/mol. The van der Waals surface area contributed by atoms with E-state index in [1.165, 1.54) is 6.39 Å². The smallest absolute Gasteiger partial charge is 0.288 e. The van der Waals surface area contributed by atoms with Crippen molar-refractivity contribution in [2.75, 3.05) is 11.9 Å². The molecule has 0 saturated heterocycles. The minimum Gasteiger partial charge on any atom is -0.438 e. The zero-order valence-electron chi connectivity index (χ0n) is 8.05. The van der Waals surface area contributed by atoms with E-state index in [2.05, 4.69) is 26.2 Å². The standard InChI is InChI=1S/C9H13BrN2O2/c1-7-8(14-6-12-7)9(13)11-5-3-2-4-10/h6H,2-5H2,1H3,(H,11,13). The van der Waals surface area contributed by atoms with Crippen molar-refractivity contribution in [1.29, 1.82) is 0 Å². The highest BCUT2D eigenvalue weighted by molar-refractivity contribution is 9.09. The van der Waals surface area contributed by atoms with Crippen LogP contribution in [-0.2, 0) is 0 Å². The molecule has 1 aromatic heterocycles. The summed E-state index contributed by atoms with van der Waals surface area (Å²) in [4.78, 5) is 15.3. The molecular weight excluding hydrogens is 248 g/mol. The van der Waals surface area contributed by atoms with Crippen molar-refractivity contribution in [3.8, 4) is 0 Å². The normalized spacial score (nSPS) is 10.1. The van der Waals surface area contributed by atoms with Crippen LogP contribution in [0.15, 0.2) is 10.8 Å². The summed E-state index contributed by atoms with van der Waals surface area (Å²) >= 11 is 3.33. The maximum atomic E-state index is 11.4. The summed E-state index contributed by atoms with van der Waals surface area (Å²) in [6.45, 7) is 2.42. The van der Waals surface area contributed by atoms with Crippen LogP contribution in [0.4, 0.5) is 0 Å². The van der Waals surface area contributed by atoms with Crippen LogP contribution in [0.5, 0.6) is 0 Å². The van der Waals surface area contributed by atoms with Crippen LogP contribution in [-0.4, -0.2) is 22.8 Å². The molecular formula is C9H13BrN2O2. The van der Waals surface area contributed by atoms with E-state index in [1.54, 1.807) is 6.92 Å². The molecule has 1 N–H and O–H groups in total. The van der Waals surface area contributed by atoms with Gasteiger partial charge in [0.15, 0.2) is 6.39 Å². The van der Waals surface area contributed by atoms with Crippen LogP contribution in [0.25, 0.3) is 0 Å². The van der Waals surface area contributed by atoms with E-state index < -0.39 is 0 Å². The number of halogens is 1. The van der Waals surface area contributed by atoms with Crippen LogP contribution < -0.4 is 5.32 Å². The highest BCUT2D eigenvalue weighted by Gasteiger charge is 2.12. The third-order valence-electron chi connectivity index (χ3n) is 1.80. The van der Waals surface area contributed by atoms with Gasteiger partial charge in [-0.15, -0.1) is 0 Å². The van der Waals surface area contributed by atoms with E-state index in [0.717, 1.165) is 18.2 Å². The zero-order chi connectivity index (χ0) is 10.4. The molecule has 0 aliphatic carbocycles. The van der Waals surface area contributed by atoms with Gasteiger partial charge >= 0.3 is 0 Å². The summed E-state index contributed by atoms with van der Waals surface area (Å²) in [5.74, 6) is 0.124. The van der Waals surface area contributed by atoms with Gasteiger partial charge in [-0.25, -0.2) is 4.98 Å². The molecule has 0 saturated carbocycles. The van der Waals surface area contributed by atoms with Crippen molar-refractivity contribution >= 4 is 21.8 Å². The lowest BCUT2D eigenvalue weighted by molar-refractivity contribution is 0.0924. The Hall–Kier alpha value is -0.840. The van der Waals surface area contributed by atoms with Crippen molar-refractivity contribution in [3.63, 3.8) is 0 Å². The van der Waals surface area contributed by atoms with Gasteiger partial charge in [0.25, 0.3) is 5.91 Å². The van der Waals surface area contributed by atoms with E-state index >= 15 is 0 Å². The Kier molecular flexibility index (Phi) is 4.65. The molecule has 0 unspecified atom stereocenters. The summed E-state index contributed by atoms with van der Waals surface area (Å²) in [6.07, 6.45) is 3.29. The number of hydrogen-bond acceptors (Lipinski definition) is 3. The van der Waals surface area contributed by atoms with E-state index in [9.17, 15) is 4.79 Å². The van der Waals surface area contributed by atoms with Gasteiger partial charge in [-0.2, -0.15) is 0 Å². The van der Waals surface area contributed by atoms with E-state index in [1.807, 2.05) is 0 Å². The fourth-order valence-corrected chi connectivity index (χ4v) is 1.42. The Morgan fingerprint density at radius 3 is 3.00 bits per heavy atom. The number of aryl methyl sites for hydroxylation is 1. The number of unbranched alkanes of at least 4 members (excludes halogenated alkanes) is 1. The second-order valence-electron chi connectivity index (χ2n) is 2.92. The Morgan fingerprint density at radius 2 is 2.43 bits per heavy atom. The van der Waals surface area contributed by atoms with Crippen molar-refractivity contribution in [3.05, 3.63) is 17.8 Å². The molecule has 0 fully saturated rings. The topological polar surface area (TPSA) is 55.1 Å². The molecule has 0 spiro atoms. The van der Waals surface area contributed by atoms with E-state index in [4.69, 9.17) is 4.42 Å². The van der Waals surface area contributed by atoms with Crippen molar-refractivity contribution in [2.24, 2.45) is 0 Å². The van der Waals surface area contributed by atoms with Gasteiger partial charge in [-0.05, 0) is 19.8 Å². The van der Waals surface area contributed by atoms with Crippen LogP contribution >= 0.6 is 15.9 Å². The van der Waals surface area contributed by atoms with Crippen molar-refractivity contribution in [2.45, 2.75) is 19.8 Å². The van der Waals surface area contributed by atoms with Crippen LogP contribution in [0, 0.1) is 6.92 Å². The SMILES string of the molecule is Cc1ncoc1C(=O)NCCCCBr. The number of carbonyl (C=O) groups excluding carboxylic acids is 1. The van der Waals surface area contributed by atoms with Crippen molar-refractivity contribution < 1.29 is 9.21 Å². The Balaban J connectivity index is 2.32. The highest BCUT2D eigenvalue weighted by atomic mass is 79.9. The summed E-state index contributed by atoms with van der Waals surface area (Å²) < 4.78 is 4.95. The lowest BCUT2D eigenvalue weighted by Crippen LogP contribution is -2.24. The summed E-state index contributed by atoms with van der Waals surface area (Å²) in [5, 5.41) is 3.73. The second-order valence-corrected chi connectivity index (χ2v) is 3.71. The van der Waals surface area contributed by atoms with Gasteiger partial charge < -0.3 is 9.73 Å². The number of hydrogen-bond donors (Lipinski definition) is 1. The third-order valence-corrected chi connectivity index (χ3v) is 2.36. The minimum atomic E-state index is -0.186. The number of aromatic nitrogens is 1. The fourth-order valence-electron chi connectivity index (χ4n) is 1.02.